The molecule has 0 atom stereocenters. The van der Waals surface area contributed by atoms with Crippen molar-refractivity contribution >= 4 is 27.0 Å². The number of aryl methyl sites for hydroxylation is 2. The molecular weight excluding hydrogens is 318 g/mol. The Bertz CT molecular complexity index is 786. The molecular formula is C13H14F2N2O2S2. The van der Waals surface area contributed by atoms with Crippen LogP contribution in [0.15, 0.2) is 23.1 Å². The van der Waals surface area contributed by atoms with Crippen molar-refractivity contribution in [2.75, 3.05) is 4.72 Å². The second-order valence-corrected chi connectivity index (χ2v) is 7.52. The van der Waals surface area contributed by atoms with Gasteiger partial charge >= 0.3 is 0 Å². The first kappa shape index (κ1) is 15.9. The Labute approximate surface area is 125 Å². The molecule has 114 valence electrons. The van der Waals surface area contributed by atoms with Crippen molar-refractivity contribution in [1.82, 2.24) is 0 Å². The summed E-state index contributed by atoms with van der Waals surface area (Å²) in [5.74, 6) is -1.51. The van der Waals surface area contributed by atoms with E-state index in [0.717, 1.165) is 12.1 Å². The molecule has 0 spiro atoms. The lowest BCUT2D eigenvalue weighted by molar-refractivity contribution is 0.590. The van der Waals surface area contributed by atoms with Crippen molar-refractivity contribution in [3.05, 3.63) is 45.2 Å². The van der Waals surface area contributed by atoms with Gasteiger partial charge in [-0.1, -0.05) is 0 Å². The molecule has 4 nitrogen and oxygen atoms in total. The lowest BCUT2D eigenvalue weighted by Crippen LogP contribution is -2.14. The topological polar surface area (TPSA) is 72.2 Å². The van der Waals surface area contributed by atoms with E-state index in [1.165, 1.54) is 24.3 Å². The van der Waals surface area contributed by atoms with E-state index in [1.54, 1.807) is 6.92 Å². The highest BCUT2D eigenvalue weighted by atomic mass is 32.2. The number of hydrogen-bond acceptors (Lipinski definition) is 4. The standard InChI is InChI=1S/C13H14F2N2O2S2/c1-7-3-11(15)12(5-10(7)14)17-21(18,19)13-4-9(6-16)20-8(13)2/h3-5,17H,6,16H2,1-2H3. The van der Waals surface area contributed by atoms with Crippen molar-refractivity contribution in [3.63, 3.8) is 0 Å². The average Bonchev–Trinajstić information content (AvgIpc) is 2.78. The van der Waals surface area contributed by atoms with E-state index in [2.05, 4.69) is 4.72 Å². The molecule has 1 aromatic heterocycles. The smallest absolute Gasteiger partial charge is 0.263 e. The predicted molar refractivity (Wildman–Crippen MR) is 78.9 cm³/mol. The normalized spacial score (nSPS) is 11.7. The molecule has 0 fully saturated rings. The van der Waals surface area contributed by atoms with Crippen LogP contribution in [0.3, 0.4) is 0 Å². The number of thiophene rings is 1. The highest BCUT2D eigenvalue weighted by Gasteiger charge is 2.21. The molecule has 3 N–H and O–H groups in total. The van der Waals surface area contributed by atoms with Crippen molar-refractivity contribution in [2.24, 2.45) is 5.73 Å². The molecule has 0 amide bonds. The number of rotatable bonds is 4. The van der Waals surface area contributed by atoms with Crippen LogP contribution >= 0.6 is 11.3 Å². The molecule has 2 rings (SSSR count). The van der Waals surface area contributed by atoms with Crippen LogP contribution < -0.4 is 10.5 Å². The molecule has 0 bridgehead atoms. The molecule has 0 aliphatic heterocycles. The van der Waals surface area contributed by atoms with Crippen molar-refractivity contribution < 1.29 is 17.2 Å². The number of benzene rings is 1. The minimum atomic E-state index is -3.99. The van der Waals surface area contributed by atoms with Gasteiger partial charge in [-0.3, -0.25) is 4.72 Å². The third-order valence-corrected chi connectivity index (χ3v) is 5.60. The van der Waals surface area contributed by atoms with Crippen LogP contribution in [0, 0.1) is 25.5 Å². The molecule has 0 saturated heterocycles. The van der Waals surface area contributed by atoms with Crippen LogP contribution in [0.5, 0.6) is 0 Å². The zero-order chi connectivity index (χ0) is 15.8. The van der Waals surface area contributed by atoms with E-state index in [9.17, 15) is 17.2 Å². The second-order valence-electron chi connectivity index (χ2n) is 4.52. The monoisotopic (exact) mass is 332 g/mol. The van der Waals surface area contributed by atoms with Gasteiger partial charge < -0.3 is 5.73 Å². The third-order valence-electron chi connectivity index (χ3n) is 2.91. The van der Waals surface area contributed by atoms with Crippen LogP contribution in [-0.2, 0) is 16.6 Å². The number of nitrogens with two attached hydrogens (primary N) is 1. The number of halogens is 2. The van der Waals surface area contributed by atoms with Gasteiger partial charge in [0.2, 0.25) is 0 Å². The Morgan fingerprint density at radius 3 is 2.43 bits per heavy atom. The van der Waals surface area contributed by atoms with Crippen molar-refractivity contribution in [1.29, 1.82) is 0 Å². The summed E-state index contributed by atoms with van der Waals surface area (Å²) in [5.41, 5.74) is 5.16. The quantitative estimate of drug-likeness (QED) is 0.904. The van der Waals surface area contributed by atoms with Crippen LogP contribution in [0.1, 0.15) is 15.3 Å². The third kappa shape index (κ3) is 3.22. The molecule has 0 aliphatic carbocycles. The Hall–Kier alpha value is -1.51. The minimum Gasteiger partial charge on any atom is -0.326 e. The number of nitrogens with one attached hydrogen (secondary N) is 1. The van der Waals surface area contributed by atoms with Crippen molar-refractivity contribution in [3.8, 4) is 0 Å². The van der Waals surface area contributed by atoms with Crippen LogP contribution in [0.2, 0.25) is 0 Å². The van der Waals surface area contributed by atoms with Gasteiger partial charge in [0, 0.05) is 22.4 Å². The largest absolute Gasteiger partial charge is 0.326 e. The van der Waals surface area contributed by atoms with Crippen LogP contribution in [-0.4, -0.2) is 8.42 Å². The van der Waals surface area contributed by atoms with E-state index in [1.807, 2.05) is 0 Å². The highest BCUT2D eigenvalue weighted by Crippen LogP contribution is 2.28. The van der Waals surface area contributed by atoms with Gasteiger partial charge in [-0.05, 0) is 31.5 Å². The molecule has 0 radical (unpaired) electrons. The molecule has 0 saturated carbocycles. The summed E-state index contributed by atoms with van der Waals surface area (Å²) in [6.45, 7) is 3.24. The van der Waals surface area contributed by atoms with E-state index >= 15 is 0 Å². The molecule has 0 unspecified atom stereocenters. The summed E-state index contributed by atoms with van der Waals surface area (Å²) < 4.78 is 53.8. The Kier molecular flexibility index (Phi) is 4.31. The zero-order valence-corrected chi connectivity index (χ0v) is 13.0. The van der Waals surface area contributed by atoms with E-state index in [4.69, 9.17) is 5.73 Å². The van der Waals surface area contributed by atoms with Gasteiger partial charge in [-0.15, -0.1) is 11.3 Å². The van der Waals surface area contributed by atoms with Crippen molar-refractivity contribution in [2.45, 2.75) is 25.3 Å². The minimum absolute atomic E-state index is 0.0216. The van der Waals surface area contributed by atoms with Gasteiger partial charge in [-0.2, -0.15) is 0 Å². The van der Waals surface area contributed by atoms with Crippen LogP contribution in [0.4, 0.5) is 14.5 Å². The molecule has 2 aromatic rings. The summed E-state index contributed by atoms with van der Waals surface area (Å²) in [5, 5.41) is 0. The predicted octanol–water partition coefficient (Wildman–Crippen LogP) is 2.90. The Morgan fingerprint density at radius 2 is 1.86 bits per heavy atom. The van der Waals surface area contributed by atoms with E-state index in [0.29, 0.717) is 9.75 Å². The van der Waals surface area contributed by atoms with Crippen LogP contribution in [0.25, 0.3) is 0 Å². The lowest BCUT2D eigenvalue weighted by atomic mass is 10.2. The maximum absolute atomic E-state index is 13.7. The molecule has 8 heteroatoms. The number of anilines is 1. The summed E-state index contributed by atoms with van der Waals surface area (Å²) in [6, 6.07) is 3.21. The van der Waals surface area contributed by atoms with Gasteiger partial charge in [0.05, 0.1) is 5.69 Å². The maximum atomic E-state index is 13.7. The first-order valence-corrected chi connectivity index (χ1v) is 8.32. The summed E-state index contributed by atoms with van der Waals surface area (Å²) in [7, 11) is -3.99. The van der Waals surface area contributed by atoms with Gasteiger partial charge in [0.15, 0.2) is 0 Å². The fraction of sp³-hybridized carbons (Fsp3) is 0.231. The van der Waals surface area contributed by atoms with Gasteiger partial charge in [0.25, 0.3) is 10.0 Å². The fourth-order valence-electron chi connectivity index (χ4n) is 1.82. The van der Waals surface area contributed by atoms with E-state index in [-0.39, 0.29) is 17.0 Å². The average molecular weight is 332 g/mol. The zero-order valence-electron chi connectivity index (χ0n) is 11.4. The summed E-state index contributed by atoms with van der Waals surface area (Å²) >= 11 is 1.25. The molecule has 1 heterocycles. The summed E-state index contributed by atoms with van der Waals surface area (Å²) in [6.07, 6.45) is 0. The lowest BCUT2D eigenvalue weighted by Gasteiger charge is -2.09. The van der Waals surface area contributed by atoms with E-state index < -0.39 is 27.3 Å². The number of sulfonamides is 1. The molecule has 0 aliphatic rings. The Morgan fingerprint density at radius 1 is 1.19 bits per heavy atom. The van der Waals surface area contributed by atoms with Gasteiger partial charge in [-0.25, -0.2) is 17.2 Å². The first-order chi connectivity index (χ1) is 9.74. The fourth-order valence-corrected chi connectivity index (χ4v) is 4.39. The molecule has 21 heavy (non-hydrogen) atoms. The first-order valence-electron chi connectivity index (χ1n) is 6.02. The number of hydrogen-bond donors (Lipinski definition) is 2. The molecule has 1 aromatic carbocycles. The SMILES string of the molecule is Cc1cc(F)c(NS(=O)(=O)c2cc(CN)sc2C)cc1F. The second kappa shape index (κ2) is 5.70. The maximum Gasteiger partial charge on any atom is 0.263 e. The van der Waals surface area contributed by atoms with Gasteiger partial charge in [0.1, 0.15) is 16.5 Å². The summed E-state index contributed by atoms with van der Waals surface area (Å²) in [4.78, 5) is 1.26. The highest BCUT2D eigenvalue weighted by molar-refractivity contribution is 7.93. The Balaban J connectivity index is 2.42.